The van der Waals surface area contributed by atoms with Gasteiger partial charge in [-0.2, -0.15) is 0 Å². The maximum Gasteiger partial charge on any atom is 0.256 e. The molecule has 5 nitrogen and oxygen atoms in total. The highest BCUT2D eigenvalue weighted by Crippen LogP contribution is 2.19. The number of para-hydroxylation sites is 2. The van der Waals surface area contributed by atoms with Crippen LogP contribution >= 0.6 is 0 Å². The SMILES string of the molecule is CCN(CC(=O)Nc1c(F)cccc1F)C(=O)c1cccc2cccnc12. The van der Waals surface area contributed by atoms with Crippen LogP contribution in [0.5, 0.6) is 0 Å². The molecule has 3 aromatic rings. The number of carbonyl (C=O) groups excluding carboxylic acids is 2. The van der Waals surface area contributed by atoms with Crippen molar-refractivity contribution in [3.8, 4) is 0 Å². The number of benzene rings is 2. The zero-order valence-corrected chi connectivity index (χ0v) is 14.6. The summed E-state index contributed by atoms with van der Waals surface area (Å²) in [6.07, 6.45) is 1.59. The molecule has 1 N–H and O–H groups in total. The van der Waals surface area contributed by atoms with Gasteiger partial charge in [-0.25, -0.2) is 8.78 Å². The Bertz CT molecular complexity index is 982. The van der Waals surface area contributed by atoms with Gasteiger partial charge in [0.2, 0.25) is 5.91 Å². The van der Waals surface area contributed by atoms with Crippen LogP contribution in [0.1, 0.15) is 17.3 Å². The van der Waals surface area contributed by atoms with Crippen molar-refractivity contribution in [2.45, 2.75) is 6.92 Å². The number of amides is 2. The van der Waals surface area contributed by atoms with Gasteiger partial charge in [-0.15, -0.1) is 0 Å². The average molecular weight is 369 g/mol. The molecule has 0 bridgehead atoms. The Hall–Kier alpha value is -3.35. The summed E-state index contributed by atoms with van der Waals surface area (Å²) in [5.74, 6) is -2.83. The van der Waals surface area contributed by atoms with Crippen molar-refractivity contribution in [1.82, 2.24) is 9.88 Å². The lowest BCUT2D eigenvalue weighted by Crippen LogP contribution is -2.38. The molecule has 0 fully saturated rings. The van der Waals surface area contributed by atoms with E-state index in [0.29, 0.717) is 11.1 Å². The molecule has 1 heterocycles. The van der Waals surface area contributed by atoms with E-state index in [9.17, 15) is 18.4 Å². The minimum absolute atomic E-state index is 0.245. The quantitative estimate of drug-likeness (QED) is 0.747. The van der Waals surface area contributed by atoms with Crippen LogP contribution in [0.2, 0.25) is 0 Å². The standard InChI is InChI=1S/C20H17F2N3O2/c1-2-25(12-17(26)24-19-15(21)9-4-10-16(19)22)20(27)14-8-3-6-13-7-5-11-23-18(13)14/h3-11H,2,12H2,1H3,(H,24,26). The normalized spacial score (nSPS) is 10.6. The number of nitrogens with one attached hydrogen (secondary N) is 1. The summed E-state index contributed by atoms with van der Waals surface area (Å²) < 4.78 is 27.4. The Morgan fingerprint density at radius 1 is 1.04 bits per heavy atom. The number of likely N-dealkylation sites (N-methyl/N-ethyl adjacent to an activating group) is 1. The van der Waals surface area contributed by atoms with Gasteiger partial charge in [0.15, 0.2) is 0 Å². The summed E-state index contributed by atoms with van der Waals surface area (Å²) in [7, 11) is 0. The number of pyridine rings is 1. The summed E-state index contributed by atoms with van der Waals surface area (Å²) in [4.78, 5) is 30.6. The Morgan fingerprint density at radius 3 is 2.41 bits per heavy atom. The van der Waals surface area contributed by atoms with Crippen LogP contribution < -0.4 is 5.32 Å². The smallest absolute Gasteiger partial charge is 0.256 e. The summed E-state index contributed by atoms with van der Waals surface area (Å²) >= 11 is 0. The molecule has 0 aliphatic carbocycles. The van der Waals surface area contributed by atoms with Gasteiger partial charge < -0.3 is 10.2 Å². The molecule has 0 atom stereocenters. The maximum absolute atomic E-state index is 13.7. The monoisotopic (exact) mass is 369 g/mol. The second kappa shape index (κ2) is 7.90. The third kappa shape index (κ3) is 3.92. The highest BCUT2D eigenvalue weighted by Gasteiger charge is 2.21. The van der Waals surface area contributed by atoms with Crippen molar-refractivity contribution in [1.29, 1.82) is 0 Å². The van der Waals surface area contributed by atoms with Crippen molar-refractivity contribution in [3.63, 3.8) is 0 Å². The number of nitrogens with zero attached hydrogens (tertiary/aromatic N) is 2. The summed E-state index contributed by atoms with van der Waals surface area (Å²) in [6, 6.07) is 12.1. The fourth-order valence-electron chi connectivity index (χ4n) is 2.74. The second-order valence-electron chi connectivity index (χ2n) is 5.84. The minimum atomic E-state index is -0.879. The largest absolute Gasteiger partial charge is 0.330 e. The zero-order valence-electron chi connectivity index (χ0n) is 14.6. The van der Waals surface area contributed by atoms with Gasteiger partial charge in [-0.05, 0) is 31.2 Å². The Kier molecular flexibility index (Phi) is 5.40. The molecule has 0 aliphatic rings. The first-order chi connectivity index (χ1) is 13.0. The van der Waals surface area contributed by atoms with Gasteiger partial charge in [-0.3, -0.25) is 14.6 Å². The number of fused-ring (bicyclic) bond motifs is 1. The molecule has 2 amide bonds. The molecule has 2 aromatic carbocycles. The van der Waals surface area contributed by atoms with Gasteiger partial charge in [0.05, 0.1) is 11.1 Å². The fourth-order valence-corrected chi connectivity index (χ4v) is 2.74. The van der Waals surface area contributed by atoms with Crippen LogP contribution in [0.4, 0.5) is 14.5 Å². The Labute approximate surface area is 154 Å². The second-order valence-corrected chi connectivity index (χ2v) is 5.84. The molecular weight excluding hydrogens is 352 g/mol. The molecule has 3 rings (SSSR count). The van der Waals surface area contributed by atoms with Crippen molar-refractivity contribution < 1.29 is 18.4 Å². The van der Waals surface area contributed by atoms with E-state index in [1.54, 1.807) is 31.3 Å². The van der Waals surface area contributed by atoms with Gasteiger partial charge in [0.25, 0.3) is 5.91 Å². The molecule has 7 heteroatoms. The molecular formula is C20H17F2N3O2. The molecule has 138 valence electrons. The third-order valence-corrected chi connectivity index (χ3v) is 4.09. The molecule has 1 aromatic heterocycles. The number of anilines is 1. The Morgan fingerprint density at radius 2 is 1.70 bits per heavy atom. The predicted octanol–water partition coefficient (Wildman–Crippen LogP) is 3.61. The highest BCUT2D eigenvalue weighted by atomic mass is 19.1. The highest BCUT2D eigenvalue weighted by molar-refractivity contribution is 6.07. The molecule has 0 aliphatic heterocycles. The molecule has 0 spiro atoms. The maximum atomic E-state index is 13.7. The first-order valence-electron chi connectivity index (χ1n) is 8.38. The van der Waals surface area contributed by atoms with E-state index in [1.165, 1.54) is 11.0 Å². The van der Waals surface area contributed by atoms with Crippen LogP contribution in [0.15, 0.2) is 54.7 Å². The number of halogens is 2. The van der Waals surface area contributed by atoms with E-state index in [1.807, 2.05) is 12.1 Å². The summed E-state index contributed by atoms with van der Waals surface area (Å²) in [6.45, 7) is 1.62. The van der Waals surface area contributed by atoms with Crippen molar-refractivity contribution in [2.24, 2.45) is 0 Å². The van der Waals surface area contributed by atoms with E-state index in [4.69, 9.17) is 0 Å². The summed E-state index contributed by atoms with van der Waals surface area (Å²) in [5, 5.41) is 2.99. The predicted molar refractivity (Wildman–Crippen MR) is 98.3 cm³/mol. The third-order valence-electron chi connectivity index (χ3n) is 4.09. The lowest BCUT2D eigenvalue weighted by Gasteiger charge is -2.21. The first-order valence-corrected chi connectivity index (χ1v) is 8.38. The number of hydrogen-bond donors (Lipinski definition) is 1. The van der Waals surface area contributed by atoms with Gasteiger partial charge in [0.1, 0.15) is 23.9 Å². The van der Waals surface area contributed by atoms with E-state index in [-0.39, 0.29) is 19.0 Å². The molecule has 0 unspecified atom stereocenters. The van der Waals surface area contributed by atoms with E-state index in [0.717, 1.165) is 17.5 Å². The van der Waals surface area contributed by atoms with Crippen molar-refractivity contribution in [2.75, 3.05) is 18.4 Å². The molecule has 27 heavy (non-hydrogen) atoms. The van der Waals surface area contributed by atoms with Crippen LogP contribution in [-0.4, -0.2) is 34.8 Å². The fraction of sp³-hybridized carbons (Fsp3) is 0.150. The molecule has 0 saturated carbocycles. The van der Waals surface area contributed by atoms with Crippen LogP contribution in [0.25, 0.3) is 10.9 Å². The van der Waals surface area contributed by atoms with Gasteiger partial charge in [-0.1, -0.05) is 24.3 Å². The zero-order chi connectivity index (χ0) is 19.4. The van der Waals surface area contributed by atoms with Crippen LogP contribution in [0.3, 0.4) is 0 Å². The number of carbonyl (C=O) groups is 2. The average Bonchev–Trinajstić information content (AvgIpc) is 2.68. The number of rotatable bonds is 5. The topological polar surface area (TPSA) is 62.3 Å². The van der Waals surface area contributed by atoms with Gasteiger partial charge >= 0.3 is 0 Å². The van der Waals surface area contributed by atoms with Gasteiger partial charge in [0, 0.05) is 18.1 Å². The van der Waals surface area contributed by atoms with E-state index < -0.39 is 23.2 Å². The van der Waals surface area contributed by atoms with Crippen LogP contribution in [-0.2, 0) is 4.79 Å². The number of hydrogen-bond acceptors (Lipinski definition) is 3. The molecule has 0 radical (unpaired) electrons. The minimum Gasteiger partial charge on any atom is -0.330 e. The van der Waals surface area contributed by atoms with Crippen LogP contribution in [0, 0.1) is 11.6 Å². The Balaban J connectivity index is 1.80. The summed E-state index contributed by atoms with van der Waals surface area (Å²) in [5.41, 5.74) is 0.363. The van der Waals surface area contributed by atoms with Crippen molar-refractivity contribution in [3.05, 3.63) is 71.9 Å². The van der Waals surface area contributed by atoms with Crippen molar-refractivity contribution >= 4 is 28.4 Å². The first kappa shape index (κ1) is 18.4. The lowest BCUT2D eigenvalue weighted by atomic mass is 10.1. The lowest BCUT2D eigenvalue weighted by molar-refractivity contribution is -0.116. The molecule has 0 saturated heterocycles. The number of aromatic nitrogens is 1. The van der Waals surface area contributed by atoms with E-state index in [2.05, 4.69) is 10.3 Å². The van der Waals surface area contributed by atoms with E-state index >= 15 is 0 Å².